The van der Waals surface area contributed by atoms with Gasteiger partial charge < -0.3 is 9.16 Å². The Morgan fingerprint density at radius 3 is 1.81 bits per heavy atom. The summed E-state index contributed by atoms with van der Waals surface area (Å²) in [5, 5.41) is 0. The summed E-state index contributed by atoms with van der Waals surface area (Å²) in [5.41, 5.74) is 0.286. The van der Waals surface area contributed by atoms with Crippen LogP contribution < -0.4 is 0 Å². The molecule has 0 N–H and O–H groups in total. The van der Waals surface area contributed by atoms with Gasteiger partial charge in [0.15, 0.2) is 6.10 Å². The molecule has 0 heterocycles. The molecule has 0 bridgehead atoms. The zero-order valence-electron chi connectivity index (χ0n) is 14.2. The Balaban J connectivity index is 4.85. The van der Waals surface area contributed by atoms with Crippen LogP contribution in [-0.2, 0) is 18.8 Å². The zero-order valence-corrected chi connectivity index (χ0v) is 15.2. The predicted octanol–water partition coefficient (Wildman–Crippen LogP) is 4.21. The molecule has 0 fully saturated rings. The monoisotopic (exact) mass is 314 g/mol. The lowest BCUT2D eigenvalue weighted by atomic mass is 10.3. The molecule has 0 amide bonds. The molecule has 0 aromatic heterocycles. The molecule has 1 atom stereocenters. The van der Waals surface area contributed by atoms with Gasteiger partial charge in [0.05, 0.1) is 0 Å². The van der Waals surface area contributed by atoms with Gasteiger partial charge in [0.2, 0.25) is 0 Å². The van der Waals surface area contributed by atoms with E-state index in [1.54, 1.807) is 13.8 Å². The molecular formula is C16H30O4Si. The number of carbonyl (C=O) groups excluding carboxylic acids is 2. The molecule has 0 spiro atoms. The second-order valence-electron chi connectivity index (χ2n) is 5.68. The first kappa shape index (κ1) is 19.9. The number of esters is 1. The van der Waals surface area contributed by atoms with Crippen LogP contribution >= 0.6 is 0 Å². The Morgan fingerprint density at radius 2 is 1.48 bits per heavy atom. The largest absolute Gasteiger partial charge is 0.516 e. The van der Waals surface area contributed by atoms with Gasteiger partial charge >= 0.3 is 11.9 Å². The third kappa shape index (κ3) is 6.93. The van der Waals surface area contributed by atoms with Gasteiger partial charge in [0.25, 0.3) is 8.32 Å². The fraction of sp³-hybridized carbons (Fsp3) is 0.750. The molecule has 0 aliphatic rings. The molecule has 0 aliphatic heterocycles. The predicted molar refractivity (Wildman–Crippen MR) is 87.5 cm³/mol. The fourth-order valence-corrected chi connectivity index (χ4v) is 6.88. The summed E-state index contributed by atoms with van der Waals surface area (Å²) in [5.74, 6) is -0.959. The van der Waals surface area contributed by atoms with Gasteiger partial charge in [-0.1, -0.05) is 46.6 Å². The molecule has 0 aromatic carbocycles. The number of rotatable bonds is 10. The molecule has 0 rings (SSSR count). The molecule has 0 radical (unpaired) electrons. The Labute approximate surface area is 130 Å². The minimum absolute atomic E-state index is 0.286. The van der Waals surface area contributed by atoms with E-state index in [-0.39, 0.29) is 5.57 Å². The van der Waals surface area contributed by atoms with Gasteiger partial charge in [-0.05, 0) is 32.0 Å². The van der Waals surface area contributed by atoms with E-state index in [4.69, 9.17) is 9.16 Å². The maximum Gasteiger partial charge on any atom is 0.333 e. The molecule has 1 unspecified atom stereocenters. The molecule has 122 valence electrons. The molecule has 0 aliphatic carbocycles. The Hall–Kier alpha value is -1.10. The van der Waals surface area contributed by atoms with Crippen molar-refractivity contribution in [3.8, 4) is 0 Å². The first-order valence-corrected chi connectivity index (χ1v) is 10.4. The lowest BCUT2D eigenvalue weighted by Crippen LogP contribution is -2.43. The zero-order chi connectivity index (χ0) is 16.5. The van der Waals surface area contributed by atoms with Crippen molar-refractivity contribution in [3.63, 3.8) is 0 Å². The maximum atomic E-state index is 12.2. The highest BCUT2D eigenvalue weighted by Crippen LogP contribution is 2.28. The lowest BCUT2D eigenvalue weighted by molar-refractivity contribution is -0.158. The average Bonchev–Trinajstić information content (AvgIpc) is 2.39. The number of carbonyl (C=O) groups is 2. The first-order valence-electron chi connectivity index (χ1n) is 7.91. The van der Waals surface area contributed by atoms with Crippen LogP contribution in [0.5, 0.6) is 0 Å². The normalized spacial score (nSPS) is 12.6. The third-order valence-electron chi connectivity index (χ3n) is 3.40. The summed E-state index contributed by atoms with van der Waals surface area (Å²) in [6, 6.07) is 2.92. The molecular weight excluding hydrogens is 284 g/mol. The van der Waals surface area contributed by atoms with E-state index in [1.807, 2.05) is 0 Å². The van der Waals surface area contributed by atoms with E-state index in [0.717, 1.165) is 37.4 Å². The number of ether oxygens (including phenoxy) is 1. The van der Waals surface area contributed by atoms with Gasteiger partial charge in [-0.3, -0.25) is 0 Å². The van der Waals surface area contributed by atoms with Crippen molar-refractivity contribution in [1.82, 2.24) is 0 Å². The van der Waals surface area contributed by atoms with E-state index in [9.17, 15) is 9.59 Å². The summed E-state index contributed by atoms with van der Waals surface area (Å²) >= 11 is 0. The van der Waals surface area contributed by atoms with Crippen molar-refractivity contribution in [2.45, 2.75) is 78.1 Å². The summed E-state index contributed by atoms with van der Waals surface area (Å²) < 4.78 is 11.0. The van der Waals surface area contributed by atoms with Crippen LogP contribution in [0.3, 0.4) is 0 Å². The summed E-state index contributed by atoms with van der Waals surface area (Å²) in [6.45, 7) is 13.0. The first-order chi connectivity index (χ1) is 9.81. The molecule has 21 heavy (non-hydrogen) atoms. The van der Waals surface area contributed by atoms with Gasteiger partial charge in [0, 0.05) is 5.57 Å². The van der Waals surface area contributed by atoms with Gasteiger partial charge in [0.1, 0.15) is 0 Å². The van der Waals surface area contributed by atoms with Crippen LogP contribution in [0.2, 0.25) is 18.1 Å². The quantitative estimate of drug-likeness (QED) is 0.344. The summed E-state index contributed by atoms with van der Waals surface area (Å²) in [6.07, 6.45) is 2.17. The Bertz CT molecular complexity index is 348. The average molecular weight is 314 g/mol. The van der Waals surface area contributed by atoms with E-state index in [2.05, 4.69) is 27.4 Å². The topological polar surface area (TPSA) is 52.6 Å². The summed E-state index contributed by atoms with van der Waals surface area (Å²) in [4.78, 5) is 23.7. The van der Waals surface area contributed by atoms with Crippen molar-refractivity contribution in [1.29, 1.82) is 0 Å². The van der Waals surface area contributed by atoms with E-state index < -0.39 is 26.4 Å². The second-order valence-corrected chi connectivity index (χ2v) is 9.75. The number of hydrogen-bond acceptors (Lipinski definition) is 4. The SMILES string of the molecule is C=C(C)C(=O)OC(C)C(=O)O[Si](CCC)(CCC)CCC. The maximum absolute atomic E-state index is 12.2. The fourth-order valence-electron chi connectivity index (χ4n) is 2.50. The number of hydrogen-bond donors (Lipinski definition) is 0. The third-order valence-corrected chi connectivity index (χ3v) is 8.27. The van der Waals surface area contributed by atoms with Gasteiger partial charge in [-0.25, -0.2) is 9.59 Å². The standard InChI is InChI=1S/C16H30O4Si/c1-7-10-21(11-8-2,12-9-3)20-16(18)14(6)19-15(17)13(4)5/h14H,4,7-12H2,1-3,5-6H3. The summed E-state index contributed by atoms with van der Waals surface area (Å²) in [7, 11) is -2.06. The van der Waals surface area contributed by atoms with E-state index >= 15 is 0 Å². The smallest absolute Gasteiger partial charge is 0.333 e. The van der Waals surface area contributed by atoms with Crippen molar-refractivity contribution in [2.75, 3.05) is 0 Å². The molecule has 0 saturated carbocycles. The highest BCUT2D eigenvalue weighted by molar-refractivity contribution is 6.75. The van der Waals surface area contributed by atoms with Crippen molar-refractivity contribution < 1.29 is 18.8 Å². The van der Waals surface area contributed by atoms with Crippen molar-refractivity contribution in [2.24, 2.45) is 0 Å². The second kappa shape index (κ2) is 9.76. The minimum atomic E-state index is -2.06. The lowest BCUT2D eigenvalue weighted by Gasteiger charge is -2.31. The highest BCUT2D eigenvalue weighted by Gasteiger charge is 2.37. The van der Waals surface area contributed by atoms with Crippen molar-refractivity contribution in [3.05, 3.63) is 12.2 Å². The Morgan fingerprint density at radius 1 is 1.05 bits per heavy atom. The molecule has 5 heteroatoms. The van der Waals surface area contributed by atoms with Gasteiger partial charge in [-0.15, -0.1) is 0 Å². The van der Waals surface area contributed by atoms with Crippen LogP contribution in [0.15, 0.2) is 12.2 Å². The molecule has 0 saturated heterocycles. The Kier molecular flexibility index (Phi) is 9.25. The van der Waals surface area contributed by atoms with Crippen LogP contribution in [0, 0.1) is 0 Å². The van der Waals surface area contributed by atoms with Crippen LogP contribution in [0.4, 0.5) is 0 Å². The van der Waals surface area contributed by atoms with Crippen LogP contribution in [0.1, 0.15) is 53.9 Å². The minimum Gasteiger partial charge on any atom is -0.516 e. The van der Waals surface area contributed by atoms with Crippen LogP contribution in [-0.4, -0.2) is 26.4 Å². The van der Waals surface area contributed by atoms with Crippen molar-refractivity contribution >= 4 is 20.3 Å². The van der Waals surface area contributed by atoms with E-state index in [1.165, 1.54) is 0 Å². The molecule has 0 aromatic rings. The van der Waals surface area contributed by atoms with Gasteiger partial charge in [-0.2, -0.15) is 0 Å². The highest BCUT2D eigenvalue weighted by atomic mass is 28.4. The molecule has 4 nitrogen and oxygen atoms in total. The van der Waals surface area contributed by atoms with E-state index in [0.29, 0.717) is 0 Å². The van der Waals surface area contributed by atoms with Crippen LogP contribution in [0.25, 0.3) is 0 Å².